The van der Waals surface area contributed by atoms with E-state index in [0.29, 0.717) is 37.5 Å². The summed E-state index contributed by atoms with van der Waals surface area (Å²) < 4.78 is 5.15. The number of carbonyl (C=O) groups is 4. The van der Waals surface area contributed by atoms with Gasteiger partial charge < -0.3 is 19.9 Å². The van der Waals surface area contributed by atoms with Crippen molar-refractivity contribution >= 4 is 23.8 Å². The Bertz CT molecular complexity index is 758. The van der Waals surface area contributed by atoms with Gasteiger partial charge >= 0.3 is 6.03 Å². The van der Waals surface area contributed by atoms with Crippen LogP contribution in [-0.4, -0.2) is 72.9 Å². The first kappa shape index (κ1) is 18.7. The molecule has 2 saturated heterocycles. The molecule has 1 aromatic carbocycles. The van der Waals surface area contributed by atoms with Crippen molar-refractivity contribution in [3.05, 3.63) is 29.8 Å². The number of hydrogen-bond acceptors (Lipinski definition) is 5. The number of piperazine rings is 1. The topological polar surface area (TPSA) is 108 Å². The molecule has 9 nitrogen and oxygen atoms in total. The summed E-state index contributed by atoms with van der Waals surface area (Å²) in [5, 5.41) is 4.62. The zero-order chi connectivity index (χ0) is 19.4. The predicted molar refractivity (Wildman–Crippen MR) is 95.2 cm³/mol. The fourth-order valence-electron chi connectivity index (χ4n) is 3.19. The summed E-state index contributed by atoms with van der Waals surface area (Å²) in [5.41, 5.74) is 0.553. The van der Waals surface area contributed by atoms with E-state index < -0.39 is 18.0 Å². The maximum atomic E-state index is 12.6. The van der Waals surface area contributed by atoms with E-state index in [-0.39, 0.29) is 24.7 Å². The lowest BCUT2D eigenvalue weighted by atomic mass is 10.1. The molecule has 0 aliphatic carbocycles. The molecule has 144 valence electrons. The van der Waals surface area contributed by atoms with Gasteiger partial charge in [-0.05, 0) is 24.6 Å². The Hall–Kier alpha value is -3.10. The Labute approximate surface area is 156 Å². The average Bonchev–Trinajstić information content (AvgIpc) is 3.02. The fraction of sp³-hybridized carbons (Fsp3) is 0.444. The summed E-state index contributed by atoms with van der Waals surface area (Å²) >= 11 is 0. The third kappa shape index (κ3) is 4.36. The lowest BCUT2D eigenvalue weighted by molar-refractivity contribution is -0.133. The first-order valence-corrected chi connectivity index (χ1v) is 8.80. The van der Waals surface area contributed by atoms with Crippen LogP contribution in [0.2, 0.25) is 0 Å². The number of hydrogen-bond donors (Lipinski definition) is 2. The molecule has 2 aliphatic rings. The van der Waals surface area contributed by atoms with Gasteiger partial charge in [0.1, 0.15) is 11.8 Å². The molecule has 0 spiro atoms. The molecular formula is C18H22N4O5. The van der Waals surface area contributed by atoms with Crippen LogP contribution >= 0.6 is 0 Å². The van der Waals surface area contributed by atoms with Gasteiger partial charge in [-0.25, -0.2) is 4.79 Å². The number of carbonyl (C=O) groups excluding carboxylic acids is 4. The van der Waals surface area contributed by atoms with Crippen molar-refractivity contribution < 1.29 is 23.9 Å². The Morgan fingerprint density at radius 3 is 2.48 bits per heavy atom. The molecule has 0 saturated carbocycles. The summed E-state index contributed by atoms with van der Waals surface area (Å²) in [6, 6.07) is 5.80. The number of nitrogens with zero attached hydrogens (tertiary/aromatic N) is 2. The predicted octanol–water partition coefficient (Wildman–Crippen LogP) is -0.0322. The minimum absolute atomic E-state index is 0.0857. The molecule has 5 amide bonds. The van der Waals surface area contributed by atoms with Crippen molar-refractivity contribution in [2.24, 2.45) is 0 Å². The number of urea groups is 1. The highest BCUT2D eigenvalue weighted by Gasteiger charge is 2.31. The van der Waals surface area contributed by atoms with Gasteiger partial charge in [-0.3, -0.25) is 19.7 Å². The maximum absolute atomic E-state index is 12.6. The van der Waals surface area contributed by atoms with Gasteiger partial charge in [0, 0.05) is 38.2 Å². The molecule has 0 aromatic heterocycles. The maximum Gasteiger partial charge on any atom is 0.322 e. The van der Waals surface area contributed by atoms with Crippen LogP contribution in [0.3, 0.4) is 0 Å². The number of methoxy groups -OCH3 is 1. The lowest BCUT2D eigenvalue weighted by Gasteiger charge is -2.35. The second kappa shape index (κ2) is 8.07. The van der Waals surface area contributed by atoms with E-state index in [1.165, 1.54) is 0 Å². The molecule has 0 radical (unpaired) electrons. The minimum Gasteiger partial charge on any atom is -0.497 e. The van der Waals surface area contributed by atoms with Crippen molar-refractivity contribution in [3.8, 4) is 5.75 Å². The minimum atomic E-state index is -0.655. The van der Waals surface area contributed by atoms with Crippen molar-refractivity contribution in [2.75, 3.05) is 33.3 Å². The van der Waals surface area contributed by atoms with Gasteiger partial charge in [0.05, 0.1) is 7.11 Å². The van der Waals surface area contributed by atoms with E-state index in [9.17, 15) is 19.2 Å². The first-order chi connectivity index (χ1) is 13.0. The molecule has 27 heavy (non-hydrogen) atoms. The Balaban J connectivity index is 1.48. The highest BCUT2D eigenvalue weighted by Crippen LogP contribution is 2.16. The molecule has 1 unspecified atom stereocenters. The Morgan fingerprint density at radius 1 is 1.15 bits per heavy atom. The van der Waals surface area contributed by atoms with Gasteiger partial charge in [-0.1, -0.05) is 6.07 Å². The normalized spacial score (nSPS) is 19.5. The second-order valence-corrected chi connectivity index (χ2v) is 6.46. The summed E-state index contributed by atoms with van der Waals surface area (Å²) in [6.07, 6.45) is 0.432. The zero-order valence-electron chi connectivity index (χ0n) is 15.1. The molecule has 3 rings (SSSR count). The first-order valence-electron chi connectivity index (χ1n) is 8.80. The van der Waals surface area contributed by atoms with E-state index in [1.54, 1.807) is 41.2 Å². The van der Waals surface area contributed by atoms with Crippen LogP contribution in [0.5, 0.6) is 5.75 Å². The number of nitrogens with one attached hydrogen (secondary N) is 2. The molecular weight excluding hydrogens is 352 g/mol. The van der Waals surface area contributed by atoms with Crippen LogP contribution in [0.1, 0.15) is 23.2 Å². The third-order valence-corrected chi connectivity index (χ3v) is 4.74. The number of benzene rings is 1. The fourth-order valence-corrected chi connectivity index (χ4v) is 3.19. The number of ether oxygens (including phenoxy) is 1. The molecule has 2 aliphatic heterocycles. The summed E-state index contributed by atoms with van der Waals surface area (Å²) in [5.74, 6) is 0.0444. The molecule has 1 aromatic rings. The van der Waals surface area contributed by atoms with E-state index in [1.807, 2.05) is 0 Å². The SMILES string of the molecule is COc1cccc(C(=O)N2CCN(C(=O)CCC3NC(=O)NC3=O)CC2)c1. The molecule has 2 N–H and O–H groups in total. The third-order valence-electron chi connectivity index (χ3n) is 4.74. The largest absolute Gasteiger partial charge is 0.497 e. The number of imide groups is 1. The number of amides is 5. The summed E-state index contributed by atoms with van der Waals surface area (Å²) in [4.78, 5) is 50.9. The van der Waals surface area contributed by atoms with Gasteiger partial charge in [-0.2, -0.15) is 0 Å². The van der Waals surface area contributed by atoms with Gasteiger partial charge in [0.2, 0.25) is 5.91 Å². The molecule has 2 fully saturated rings. The van der Waals surface area contributed by atoms with E-state index >= 15 is 0 Å². The van der Waals surface area contributed by atoms with E-state index in [4.69, 9.17) is 4.74 Å². The molecule has 9 heteroatoms. The standard InChI is InChI=1S/C18H22N4O5/c1-27-13-4-2-3-12(11-13)17(25)22-9-7-21(8-10-22)15(23)6-5-14-16(24)20-18(26)19-14/h2-4,11,14H,5-10H2,1H3,(H2,19,20,24,26). The van der Waals surface area contributed by atoms with Crippen LogP contribution in [0.4, 0.5) is 4.79 Å². The van der Waals surface area contributed by atoms with Crippen molar-refractivity contribution in [1.29, 1.82) is 0 Å². The lowest BCUT2D eigenvalue weighted by Crippen LogP contribution is -2.50. The van der Waals surface area contributed by atoms with Gasteiger partial charge in [0.25, 0.3) is 11.8 Å². The smallest absolute Gasteiger partial charge is 0.322 e. The highest BCUT2D eigenvalue weighted by atomic mass is 16.5. The van der Waals surface area contributed by atoms with Gasteiger partial charge in [-0.15, -0.1) is 0 Å². The molecule has 1 atom stereocenters. The quantitative estimate of drug-likeness (QED) is 0.704. The van der Waals surface area contributed by atoms with Crippen molar-refractivity contribution in [3.63, 3.8) is 0 Å². The van der Waals surface area contributed by atoms with Crippen LogP contribution < -0.4 is 15.4 Å². The molecule has 0 bridgehead atoms. The zero-order valence-corrected chi connectivity index (χ0v) is 15.1. The summed E-state index contributed by atoms with van der Waals surface area (Å²) in [7, 11) is 1.55. The Morgan fingerprint density at radius 2 is 1.85 bits per heavy atom. The van der Waals surface area contributed by atoms with Crippen LogP contribution in [-0.2, 0) is 9.59 Å². The van der Waals surface area contributed by atoms with Gasteiger partial charge in [0.15, 0.2) is 0 Å². The highest BCUT2D eigenvalue weighted by molar-refractivity contribution is 6.04. The van der Waals surface area contributed by atoms with Crippen LogP contribution in [0.25, 0.3) is 0 Å². The van der Waals surface area contributed by atoms with Crippen molar-refractivity contribution in [2.45, 2.75) is 18.9 Å². The summed E-state index contributed by atoms with van der Waals surface area (Å²) in [6.45, 7) is 1.78. The Kier molecular flexibility index (Phi) is 5.58. The average molecular weight is 374 g/mol. The van der Waals surface area contributed by atoms with Crippen LogP contribution in [0, 0.1) is 0 Å². The number of rotatable bonds is 5. The molecule has 2 heterocycles. The second-order valence-electron chi connectivity index (χ2n) is 6.46. The van der Waals surface area contributed by atoms with E-state index in [0.717, 1.165) is 0 Å². The van der Waals surface area contributed by atoms with E-state index in [2.05, 4.69) is 10.6 Å². The van der Waals surface area contributed by atoms with Crippen molar-refractivity contribution in [1.82, 2.24) is 20.4 Å². The van der Waals surface area contributed by atoms with Crippen LogP contribution in [0.15, 0.2) is 24.3 Å². The monoisotopic (exact) mass is 374 g/mol.